The van der Waals surface area contributed by atoms with Gasteiger partial charge in [0.2, 0.25) is 10.0 Å². The monoisotopic (exact) mass is 332 g/mol. The molecule has 2 aromatic rings. The van der Waals surface area contributed by atoms with Gasteiger partial charge in [-0.15, -0.1) is 0 Å². The molecule has 4 nitrogen and oxygen atoms in total. The van der Waals surface area contributed by atoms with E-state index in [4.69, 9.17) is 0 Å². The van der Waals surface area contributed by atoms with E-state index in [1.165, 1.54) is 23.7 Å². The molecule has 2 aromatic carbocycles. The third-order valence-corrected chi connectivity index (χ3v) is 5.22. The summed E-state index contributed by atoms with van der Waals surface area (Å²) >= 11 is 0. The van der Waals surface area contributed by atoms with Crippen LogP contribution in [-0.2, 0) is 28.9 Å². The maximum atomic E-state index is 11.8. The topological polar surface area (TPSA) is 58.2 Å². The number of aryl methyl sites for hydroxylation is 2. The van der Waals surface area contributed by atoms with Gasteiger partial charge in [0, 0.05) is 13.1 Å². The molecule has 0 saturated heterocycles. The fraction of sp³-hybridized carbons (Fsp3) is 0.333. The highest BCUT2D eigenvalue weighted by Crippen LogP contribution is 2.13. The number of nitrogens with one attached hydrogen (secondary N) is 2. The fourth-order valence-corrected chi connectivity index (χ4v) is 3.36. The van der Waals surface area contributed by atoms with Crippen LogP contribution in [0.25, 0.3) is 0 Å². The van der Waals surface area contributed by atoms with E-state index in [1.54, 1.807) is 0 Å². The lowest BCUT2D eigenvalue weighted by Crippen LogP contribution is -2.22. The number of hydrogen-bond donors (Lipinski definition) is 2. The predicted molar refractivity (Wildman–Crippen MR) is 94.6 cm³/mol. The lowest BCUT2D eigenvalue weighted by atomic mass is 10.1. The summed E-state index contributed by atoms with van der Waals surface area (Å²) in [5.74, 6) is 0.00487. The maximum Gasteiger partial charge on any atom is 0.215 e. The van der Waals surface area contributed by atoms with Crippen LogP contribution < -0.4 is 10.0 Å². The summed E-state index contributed by atoms with van der Waals surface area (Å²) in [4.78, 5) is 0. The zero-order valence-corrected chi connectivity index (χ0v) is 14.7. The third-order valence-electron chi connectivity index (χ3n) is 3.90. The Bertz CT molecular complexity index is 770. The minimum Gasteiger partial charge on any atom is -0.309 e. The van der Waals surface area contributed by atoms with E-state index in [0.717, 1.165) is 17.7 Å². The Kier molecular flexibility index (Phi) is 5.93. The van der Waals surface area contributed by atoms with Crippen LogP contribution in [0.3, 0.4) is 0 Å². The molecule has 0 fully saturated rings. The van der Waals surface area contributed by atoms with E-state index in [0.29, 0.717) is 6.54 Å². The molecule has 0 aliphatic rings. The van der Waals surface area contributed by atoms with Crippen molar-refractivity contribution < 1.29 is 8.42 Å². The SMILES string of the molecule is CNS(=O)(=O)Cc1ccccc1CNCc1ccc(C)cc1C. The Morgan fingerprint density at radius 3 is 2.22 bits per heavy atom. The molecule has 124 valence electrons. The Hall–Kier alpha value is -1.69. The highest BCUT2D eigenvalue weighted by molar-refractivity contribution is 7.88. The second kappa shape index (κ2) is 7.73. The van der Waals surface area contributed by atoms with Gasteiger partial charge in [0.05, 0.1) is 5.75 Å². The van der Waals surface area contributed by atoms with Gasteiger partial charge in [0.25, 0.3) is 0 Å². The quantitative estimate of drug-likeness (QED) is 0.819. The molecule has 0 spiro atoms. The van der Waals surface area contributed by atoms with E-state index >= 15 is 0 Å². The van der Waals surface area contributed by atoms with Crippen molar-refractivity contribution in [1.29, 1.82) is 0 Å². The van der Waals surface area contributed by atoms with Crippen LogP contribution in [0.15, 0.2) is 42.5 Å². The van der Waals surface area contributed by atoms with E-state index in [-0.39, 0.29) is 5.75 Å². The van der Waals surface area contributed by atoms with Crippen LogP contribution in [0.1, 0.15) is 27.8 Å². The molecule has 0 unspecified atom stereocenters. The minimum atomic E-state index is -3.26. The van der Waals surface area contributed by atoms with Crippen molar-refractivity contribution in [3.63, 3.8) is 0 Å². The summed E-state index contributed by atoms with van der Waals surface area (Å²) in [5.41, 5.74) is 5.62. The van der Waals surface area contributed by atoms with Gasteiger partial charge in [-0.2, -0.15) is 0 Å². The summed E-state index contributed by atoms with van der Waals surface area (Å²) in [6.45, 7) is 5.60. The van der Waals surface area contributed by atoms with Gasteiger partial charge in [0.15, 0.2) is 0 Å². The normalized spacial score (nSPS) is 11.6. The standard InChI is InChI=1S/C18H24N2O2S/c1-14-8-9-16(15(2)10-14)11-20-12-17-6-4-5-7-18(17)13-23(21,22)19-3/h4-10,19-20H,11-13H2,1-3H3. The van der Waals surface area contributed by atoms with Gasteiger partial charge in [-0.25, -0.2) is 13.1 Å². The van der Waals surface area contributed by atoms with E-state index < -0.39 is 10.0 Å². The van der Waals surface area contributed by atoms with E-state index in [1.807, 2.05) is 24.3 Å². The van der Waals surface area contributed by atoms with Crippen molar-refractivity contribution in [3.05, 3.63) is 70.3 Å². The second-order valence-corrected chi connectivity index (χ2v) is 7.69. The van der Waals surface area contributed by atoms with Crippen LogP contribution >= 0.6 is 0 Å². The lowest BCUT2D eigenvalue weighted by molar-refractivity contribution is 0.587. The molecule has 0 heterocycles. The molecule has 0 amide bonds. The largest absolute Gasteiger partial charge is 0.309 e. The van der Waals surface area contributed by atoms with Crippen LogP contribution in [0.4, 0.5) is 0 Å². The van der Waals surface area contributed by atoms with Gasteiger partial charge in [-0.1, -0.05) is 48.0 Å². The molecule has 0 aromatic heterocycles. The number of rotatable bonds is 7. The Balaban J connectivity index is 2.03. The fourth-order valence-electron chi connectivity index (χ4n) is 2.52. The van der Waals surface area contributed by atoms with E-state index in [2.05, 4.69) is 42.1 Å². The molecule has 2 rings (SSSR count). The first-order valence-electron chi connectivity index (χ1n) is 7.66. The van der Waals surface area contributed by atoms with E-state index in [9.17, 15) is 8.42 Å². The van der Waals surface area contributed by atoms with Gasteiger partial charge >= 0.3 is 0 Å². The first-order chi connectivity index (χ1) is 10.9. The molecule has 0 atom stereocenters. The predicted octanol–water partition coefficient (Wildman–Crippen LogP) is 2.64. The molecular formula is C18H24N2O2S. The molecule has 0 aliphatic heterocycles. The van der Waals surface area contributed by atoms with Crippen LogP contribution in [0.5, 0.6) is 0 Å². The summed E-state index contributed by atoms with van der Waals surface area (Å²) in [5, 5.41) is 3.41. The van der Waals surface area contributed by atoms with Crippen LogP contribution in [0, 0.1) is 13.8 Å². The highest BCUT2D eigenvalue weighted by atomic mass is 32.2. The van der Waals surface area contributed by atoms with Gasteiger partial charge in [0.1, 0.15) is 0 Å². The Morgan fingerprint density at radius 2 is 1.57 bits per heavy atom. The first-order valence-corrected chi connectivity index (χ1v) is 9.31. The van der Waals surface area contributed by atoms with Crippen LogP contribution in [0.2, 0.25) is 0 Å². The first kappa shape index (κ1) is 17.7. The molecule has 0 aliphatic carbocycles. The molecule has 2 N–H and O–H groups in total. The summed E-state index contributed by atoms with van der Waals surface area (Å²) in [7, 11) is -1.82. The van der Waals surface area contributed by atoms with Gasteiger partial charge in [-0.3, -0.25) is 0 Å². The average molecular weight is 332 g/mol. The van der Waals surface area contributed by atoms with Gasteiger partial charge < -0.3 is 5.32 Å². The molecule has 5 heteroatoms. The van der Waals surface area contributed by atoms with Crippen molar-refractivity contribution >= 4 is 10.0 Å². The van der Waals surface area contributed by atoms with Crippen molar-refractivity contribution in [1.82, 2.24) is 10.0 Å². The highest BCUT2D eigenvalue weighted by Gasteiger charge is 2.11. The van der Waals surface area contributed by atoms with Gasteiger partial charge in [-0.05, 0) is 43.1 Å². The van der Waals surface area contributed by atoms with Crippen LogP contribution in [-0.4, -0.2) is 15.5 Å². The Labute approximate surface area is 139 Å². The summed E-state index contributed by atoms with van der Waals surface area (Å²) in [6.07, 6.45) is 0. The number of hydrogen-bond acceptors (Lipinski definition) is 3. The molecular weight excluding hydrogens is 308 g/mol. The summed E-state index contributed by atoms with van der Waals surface area (Å²) < 4.78 is 25.9. The smallest absolute Gasteiger partial charge is 0.215 e. The van der Waals surface area contributed by atoms with Crippen molar-refractivity contribution in [3.8, 4) is 0 Å². The number of benzene rings is 2. The zero-order valence-electron chi connectivity index (χ0n) is 13.9. The molecule has 0 bridgehead atoms. The lowest BCUT2D eigenvalue weighted by Gasteiger charge is -2.12. The Morgan fingerprint density at radius 1 is 0.913 bits per heavy atom. The molecule has 0 radical (unpaired) electrons. The second-order valence-electron chi connectivity index (χ2n) is 5.77. The van der Waals surface area contributed by atoms with Crippen molar-refractivity contribution in [2.45, 2.75) is 32.7 Å². The zero-order chi connectivity index (χ0) is 16.9. The minimum absolute atomic E-state index is 0.00487. The summed E-state index contributed by atoms with van der Waals surface area (Å²) in [6, 6.07) is 14.0. The third kappa shape index (κ3) is 5.16. The van der Waals surface area contributed by atoms with Crippen molar-refractivity contribution in [2.75, 3.05) is 7.05 Å². The maximum absolute atomic E-state index is 11.8. The average Bonchev–Trinajstić information content (AvgIpc) is 2.51. The molecule has 23 heavy (non-hydrogen) atoms. The van der Waals surface area contributed by atoms with Crippen molar-refractivity contribution in [2.24, 2.45) is 0 Å². The number of sulfonamides is 1. The molecule has 0 saturated carbocycles.